The Hall–Kier alpha value is -11.5. The summed E-state index contributed by atoms with van der Waals surface area (Å²) in [4.78, 5) is 131. The number of urea groups is 2. The van der Waals surface area contributed by atoms with E-state index in [1.165, 1.54) is 16.7 Å². The Morgan fingerprint density at radius 2 is 1.17 bits per heavy atom. The number of benzene rings is 8. The van der Waals surface area contributed by atoms with Crippen LogP contribution in [0.25, 0.3) is 22.5 Å². The molecule has 3 fully saturated rings. The number of nitrogens with one attached hydrogen (secondary N) is 5. The second kappa shape index (κ2) is 44.7. The molecule has 0 radical (unpaired) electrons. The van der Waals surface area contributed by atoms with Gasteiger partial charge in [-0.15, -0.1) is 0 Å². The van der Waals surface area contributed by atoms with Crippen molar-refractivity contribution < 1.29 is 63.1 Å². The van der Waals surface area contributed by atoms with E-state index >= 15 is 0 Å². The predicted octanol–water partition coefficient (Wildman–Crippen LogP) is 14.0. The van der Waals surface area contributed by atoms with Gasteiger partial charge < -0.3 is 85.0 Å². The Labute approximate surface area is 772 Å². The van der Waals surface area contributed by atoms with Crippen molar-refractivity contribution in [3.63, 3.8) is 0 Å². The molecule has 31 heteroatoms. The lowest BCUT2D eigenvalue weighted by atomic mass is 9.81. The van der Waals surface area contributed by atoms with Gasteiger partial charge in [-0.05, 0) is 206 Å². The summed E-state index contributed by atoms with van der Waals surface area (Å²) >= 11 is 25.4. The molecule has 8 atom stereocenters. The van der Waals surface area contributed by atoms with Crippen LogP contribution in [0.5, 0.6) is 23.0 Å². The molecule has 7 amide bonds. The van der Waals surface area contributed by atoms with Crippen LogP contribution in [-0.4, -0.2) is 209 Å². The Morgan fingerprint density at radius 3 is 1.70 bits per heavy atom. The molecule has 680 valence electrons. The first-order chi connectivity index (χ1) is 61.8. The highest BCUT2D eigenvalue weighted by Crippen LogP contribution is 2.37. The summed E-state index contributed by atoms with van der Waals surface area (Å²) in [6.07, 6.45) is 6.60. The van der Waals surface area contributed by atoms with E-state index in [9.17, 15) is 53.7 Å². The number of fused-ring (bicyclic) bond motifs is 2. The summed E-state index contributed by atoms with van der Waals surface area (Å²) in [5, 5.41) is 48.7. The number of ketones is 2. The number of carbonyl (C=O) groups is 8. The molecule has 3 aliphatic heterocycles. The summed E-state index contributed by atoms with van der Waals surface area (Å²) in [7, 11) is 11.9. The molecule has 0 aliphatic carbocycles. The number of rotatable bonds is 32. The number of carboxylic acid groups (broad SMARTS) is 1. The number of piperidine rings is 2. The van der Waals surface area contributed by atoms with Gasteiger partial charge in [-0.25, -0.2) is 24.4 Å². The first-order valence-electron chi connectivity index (χ1n) is 43.1. The van der Waals surface area contributed by atoms with E-state index in [4.69, 9.17) is 55.9 Å². The molecule has 2 bridgehead atoms. The SMILES string of the molecule is C[C@@H](C(=O)C[C@@H](CO)C(=O)N[C@@]1(Cc2ccc(Cl)cc2)CCCNC1)N(Cc1ccc(Cl)cc1Oc1ccc(-c2cnc(CN(C)C)n2C)cc1)C(=O)N[C@@H](Cc1ccccc1)C(=O)O.C[C@H]1C(=O)C[C@@H](CO)C(=O)N[C@@]2(Cc3ccc(Cl)cc3)CCCN(C2)C(=O)[C@H](Cc2ccccc2)NC(=O)N1Cc1ccc(Cl)cc1Oc1ccc(-c2cnc(CN(C)C)n2C)cc1. The van der Waals surface area contributed by atoms with Crippen LogP contribution in [0, 0.1) is 11.8 Å². The third-order valence-corrected chi connectivity index (χ3v) is 24.8. The molecule has 13 rings (SSSR count). The molecule has 8 N–H and O–H groups in total. The first-order valence-corrected chi connectivity index (χ1v) is 44.6. The molecule has 2 aromatic heterocycles. The largest absolute Gasteiger partial charge is 0.480 e. The van der Waals surface area contributed by atoms with Gasteiger partial charge in [0.15, 0.2) is 11.6 Å². The van der Waals surface area contributed by atoms with Crippen LogP contribution in [0.15, 0.2) is 207 Å². The Bertz CT molecular complexity index is 5530. The van der Waals surface area contributed by atoms with Crippen molar-refractivity contribution in [2.75, 3.05) is 67.6 Å². The number of ether oxygens (including phenoxy) is 2. The highest BCUT2D eigenvalue weighted by Gasteiger charge is 2.44. The molecular formula is C98H112Cl4N14O13. The van der Waals surface area contributed by atoms with Crippen LogP contribution in [0.3, 0.4) is 0 Å². The normalized spacial score (nSPS) is 18.7. The zero-order chi connectivity index (χ0) is 92.2. The average molecular weight is 1840 g/mol. The van der Waals surface area contributed by atoms with Gasteiger partial charge >= 0.3 is 18.0 Å². The highest BCUT2D eigenvalue weighted by molar-refractivity contribution is 6.31. The quantitative estimate of drug-likeness (QED) is 0.0194. The van der Waals surface area contributed by atoms with Gasteiger partial charge in [0.05, 0.1) is 98.2 Å². The van der Waals surface area contributed by atoms with Gasteiger partial charge in [0.2, 0.25) is 17.7 Å². The number of aliphatic carboxylic acids is 1. The van der Waals surface area contributed by atoms with Crippen molar-refractivity contribution >= 4 is 93.7 Å². The number of aliphatic hydroxyl groups is 2. The molecule has 5 heterocycles. The lowest BCUT2D eigenvalue weighted by molar-refractivity contribution is -0.139. The summed E-state index contributed by atoms with van der Waals surface area (Å²) in [6, 6.07) is 51.8. The van der Waals surface area contributed by atoms with E-state index < -0.39 is 108 Å². The van der Waals surface area contributed by atoms with Crippen LogP contribution in [-0.2, 0) is 94.7 Å². The summed E-state index contributed by atoms with van der Waals surface area (Å²) in [5.41, 5.74) is 6.53. The fourth-order valence-electron chi connectivity index (χ4n) is 16.6. The molecule has 0 unspecified atom stereocenters. The Balaban J connectivity index is 0.000000234. The van der Waals surface area contributed by atoms with Gasteiger partial charge in [0.25, 0.3) is 0 Å². The van der Waals surface area contributed by atoms with Gasteiger partial charge in [-0.3, -0.25) is 24.0 Å². The third kappa shape index (κ3) is 26.0. The maximum absolute atomic E-state index is 14.8. The number of aromatic nitrogens is 4. The zero-order valence-electron chi connectivity index (χ0n) is 73.7. The number of aliphatic hydroxyl groups excluding tert-OH is 2. The fraction of sp³-hybridized carbons (Fsp3) is 0.367. The van der Waals surface area contributed by atoms with Gasteiger partial charge in [-0.1, -0.05) is 143 Å². The first kappa shape index (κ1) is 96.6. The van der Waals surface area contributed by atoms with Crippen LogP contribution in [0.1, 0.15) is 97.4 Å². The van der Waals surface area contributed by atoms with Crippen LogP contribution >= 0.6 is 46.4 Å². The minimum absolute atomic E-state index is 0.0153. The number of hydrogen-bond donors (Lipinski definition) is 8. The summed E-state index contributed by atoms with van der Waals surface area (Å²) < 4.78 is 16.9. The number of halogens is 4. The molecule has 129 heavy (non-hydrogen) atoms. The number of hydrogen-bond acceptors (Lipinski definition) is 17. The van der Waals surface area contributed by atoms with E-state index in [0.29, 0.717) is 118 Å². The molecule has 3 aliphatic rings. The van der Waals surface area contributed by atoms with Crippen molar-refractivity contribution in [1.82, 2.24) is 70.2 Å². The topological polar surface area (TPSA) is 328 Å². The molecule has 27 nitrogen and oxygen atoms in total. The molecular weight excluding hydrogens is 1720 g/mol. The van der Waals surface area contributed by atoms with E-state index in [-0.39, 0.29) is 44.8 Å². The van der Waals surface area contributed by atoms with Crippen molar-refractivity contribution in [2.24, 2.45) is 25.9 Å². The monoisotopic (exact) mass is 1830 g/mol. The van der Waals surface area contributed by atoms with Crippen LogP contribution < -0.4 is 36.1 Å². The molecule has 8 aromatic carbocycles. The minimum atomic E-state index is -1.34. The molecule has 0 saturated carbocycles. The second-order valence-electron chi connectivity index (χ2n) is 34.2. The predicted molar refractivity (Wildman–Crippen MR) is 498 cm³/mol. The van der Waals surface area contributed by atoms with Gasteiger partial charge in [0, 0.05) is 102 Å². The van der Waals surface area contributed by atoms with Crippen LogP contribution in [0.4, 0.5) is 9.59 Å². The number of nitrogens with zero attached hydrogens (tertiary/aromatic N) is 9. The Morgan fingerprint density at radius 1 is 0.636 bits per heavy atom. The lowest BCUT2D eigenvalue weighted by Gasteiger charge is -2.45. The fourth-order valence-corrected chi connectivity index (χ4v) is 17.2. The maximum atomic E-state index is 14.8. The number of carbonyl (C=O) groups excluding carboxylic acids is 7. The summed E-state index contributed by atoms with van der Waals surface area (Å²) in [5.74, 6) is -2.30. The van der Waals surface area contributed by atoms with E-state index in [1.807, 2.05) is 155 Å². The number of amides is 7. The molecule has 3 saturated heterocycles. The number of imidazole rings is 2. The van der Waals surface area contributed by atoms with E-state index in [0.717, 1.165) is 63.8 Å². The number of Topliss-reactive ketones (excluding diaryl/α,β-unsaturated/α-hetero) is 2. The standard InChI is InChI=1S/C49H57Cl2N7O7.C49H55Cl2N7O6/c1-32(43(60)24-37(30-59)46(61)55-49(21-8-22-52-31-49)26-34-11-16-38(50)17-12-34)58(48(64)54-41(47(62)63)23-33-9-6-5-7-10-33)28-36-13-18-39(51)25-44(36)65-40-19-14-35(15-20-40)42-27-53-45(57(42)4)29-56(2)3;1-32-43(60)24-37(30-59)46(61)54-49(26-34-11-16-38(50)17-12-34)21-8-22-57(31-49)47(62)41(23-33-9-6-5-7-10-33)53-48(63)58(32)28-36-13-18-39(51)25-44(36)64-40-19-14-35(15-20-40)42-27-52-45(56(42)4)29-55(2)3/h5-7,9-20,25,27,32,37,41,52,59H,8,21-24,26,28-31H2,1-4H3,(H,54,64)(H,55,61)(H,62,63);5-7,9-20,25,27,32,37,41,59H,8,21-24,26,28-31H2,1-4H3,(H,53,63)(H,54,61)/t2*32-,37-,41-,49+/m00/s1. The van der Waals surface area contributed by atoms with E-state index in [2.05, 4.69) is 46.0 Å². The molecule has 0 spiro atoms. The van der Waals surface area contributed by atoms with Crippen molar-refractivity contribution in [1.29, 1.82) is 0 Å². The maximum Gasteiger partial charge on any atom is 0.326 e. The van der Waals surface area contributed by atoms with Gasteiger partial charge in [-0.2, -0.15) is 0 Å². The van der Waals surface area contributed by atoms with Crippen molar-refractivity contribution in [2.45, 2.75) is 139 Å². The van der Waals surface area contributed by atoms with Crippen molar-refractivity contribution in [3.8, 4) is 45.5 Å². The van der Waals surface area contributed by atoms with E-state index in [1.54, 1.807) is 115 Å². The second-order valence-corrected chi connectivity index (χ2v) is 35.9. The van der Waals surface area contributed by atoms with Gasteiger partial charge in [0.1, 0.15) is 46.7 Å². The van der Waals surface area contributed by atoms with Crippen LogP contribution in [0.2, 0.25) is 20.1 Å². The number of carboxylic acids is 1. The zero-order valence-corrected chi connectivity index (χ0v) is 76.7. The average Bonchev–Trinajstić information content (AvgIpc) is 1.75. The molecule has 10 aromatic rings. The minimum Gasteiger partial charge on any atom is -0.480 e. The smallest absolute Gasteiger partial charge is 0.326 e. The summed E-state index contributed by atoms with van der Waals surface area (Å²) in [6.45, 7) is 4.78. The lowest BCUT2D eigenvalue weighted by Crippen LogP contribution is -2.64. The van der Waals surface area contributed by atoms with Crippen molar-refractivity contribution in [3.05, 3.63) is 272 Å². The third-order valence-electron chi connectivity index (χ3n) is 23.9. The Kier molecular flexibility index (Phi) is 33.5. The highest BCUT2D eigenvalue weighted by atomic mass is 35.5.